The van der Waals surface area contributed by atoms with Crippen molar-refractivity contribution in [1.82, 2.24) is 9.97 Å². The number of nitrogens with one attached hydrogen (secondary N) is 1. The SMILES string of the molecule is COC1(c2nccc(=O)[nH]2)CCCCCC1. The minimum absolute atomic E-state index is 0.106. The summed E-state index contributed by atoms with van der Waals surface area (Å²) in [7, 11) is 1.71. The number of H-pyrrole nitrogens is 1. The topological polar surface area (TPSA) is 55.0 Å². The molecule has 0 aromatic carbocycles. The van der Waals surface area contributed by atoms with Crippen LogP contribution in [0.5, 0.6) is 0 Å². The van der Waals surface area contributed by atoms with Crippen molar-refractivity contribution in [3.8, 4) is 0 Å². The lowest BCUT2D eigenvalue weighted by molar-refractivity contribution is -0.0353. The molecule has 2 rings (SSSR count). The molecule has 1 aromatic rings. The number of hydrogen-bond donors (Lipinski definition) is 1. The molecular formula is C12H18N2O2. The predicted octanol–water partition coefficient (Wildman–Crippen LogP) is 1.97. The molecule has 0 spiro atoms. The molecule has 0 bridgehead atoms. The van der Waals surface area contributed by atoms with E-state index >= 15 is 0 Å². The Balaban J connectivity index is 2.35. The largest absolute Gasteiger partial charge is 0.370 e. The van der Waals surface area contributed by atoms with Crippen molar-refractivity contribution in [3.05, 3.63) is 28.4 Å². The smallest absolute Gasteiger partial charge is 0.250 e. The Morgan fingerprint density at radius 1 is 1.31 bits per heavy atom. The van der Waals surface area contributed by atoms with Gasteiger partial charge in [-0.1, -0.05) is 25.7 Å². The van der Waals surface area contributed by atoms with Crippen LogP contribution in [0.2, 0.25) is 0 Å². The fraction of sp³-hybridized carbons (Fsp3) is 0.667. The third kappa shape index (κ3) is 2.16. The van der Waals surface area contributed by atoms with Gasteiger partial charge in [-0.2, -0.15) is 0 Å². The van der Waals surface area contributed by atoms with E-state index in [9.17, 15) is 4.79 Å². The standard InChI is InChI=1S/C12H18N2O2/c1-16-12(7-4-2-3-5-8-12)11-13-9-6-10(15)14-11/h6,9H,2-5,7-8H2,1H3,(H,13,14,15). The van der Waals surface area contributed by atoms with Crippen molar-refractivity contribution in [2.45, 2.75) is 44.1 Å². The van der Waals surface area contributed by atoms with Gasteiger partial charge in [0.2, 0.25) is 0 Å². The van der Waals surface area contributed by atoms with Crippen LogP contribution in [0.1, 0.15) is 44.3 Å². The summed E-state index contributed by atoms with van der Waals surface area (Å²) < 4.78 is 5.67. The highest BCUT2D eigenvalue weighted by Crippen LogP contribution is 2.36. The van der Waals surface area contributed by atoms with Crippen molar-refractivity contribution >= 4 is 0 Å². The van der Waals surface area contributed by atoms with Gasteiger partial charge in [-0.15, -0.1) is 0 Å². The number of aromatic amines is 1. The molecule has 0 aliphatic heterocycles. The summed E-state index contributed by atoms with van der Waals surface area (Å²) in [5.74, 6) is 0.685. The summed E-state index contributed by atoms with van der Waals surface area (Å²) in [5.41, 5.74) is -0.484. The zero-order valence-electron chi connectivity index (χ0n) is 9.66. The monoisotopic (exact) mass is 222 g/mol. The van der Waals surface area contributed by atoms with Gasteiger partial charge in [-0.3, -0.25) is 4.79 Å². The molecule has 1 heterocycles. The Hall–Kier alpha value is -1.16. The Kier molecular flexibility index (Phi) is 3.39. The van der Waals surface area contributed by atoms with E-state index < -0.39 is 0 Å². The molecular weight excluding hydrogens is 204 g/mol. The fourth-order valence-corrected chi connectivity index (χ4v) is 2.44. The van der Waals surface area contributed by atoms with Crippen LogP contribution in [0.25, 0.3) is 0 Å². The summed E-state index contributed by atoms with van der Waals surface area (Å²) >= 11 is 0. The second-order valence-electron chi connectivity index (χ2n) is 4.40. The van der Waals surface area contributed by atoms with Gasteiger partial charge in [-0.05, 0) is 12.8 Å². The maximum absolute atomic E-state index is 11.3. The van der Waals surface area contributed by atoms with Crippen LogP contribution in [-0.4, -0.2) is 17.1 Å². The molecule has 0 unspecified atom stereocenters. The molecule has 0 radical (unpaired) electrons. The van der Waals surface area contributed by atoms with Crippen molar-refractivity contribution in [1.29, 1.82) is 0 Å². The second-order valence-corrected chi connectivity index (χ2v) is 4.40. The molecule has 0 atom stereocenters. The van der Waals surface area contributed by atoms with Gasteiger partial charge >= 0.3 is 0 Å². The first-order valence-corrected chi connectivity index (χ1v) is 5.88. The summed E-state index contributed by atoms with van der Waals surface area (Å²) in [5, 5.41) is 0. The average molecular weight is 222 g/mol. The lowest BCUT2D eigenvalue weighted by Crippen LogP contribution is -2.32. The molecule has 1 aromatic heterocycles. The maximum atomic E-state index is 11.3. The number of nitrogens with zero attached hydrogens (tertiary/aromatic N) is 1. The average Bonchev–Trinajstić information content (AvgIpc) is 2.55. The van der Waals surface area contributed by atoms with Gasteiger partial charge in [0.15, 0.2) is 0 Å². The number of rotatable bonds is 2. The van der Waals surface area contributed by atoms with E-state index in [4.69, 9.17) is 4.74 Å². The molecule has 1 fully saturated rings. The van der Waals surface area contributed by atoms with E-state index in [1.165, 1.54) is 18.9 Å². The summed E-state index contributed by atoms with van der Waals surface area (Å²) in [4.78, 5) is 18.4. The minimum atomic E-state index is -0.378. The number of aromatic nitrogens is 2. The van der Waals surface area contributed by atoms with Gasteiger partial charge in [0.1, 0.15) is 11.4 Å². The first-order chi connectivity index (χ1) is 7.77. The van der Waals surface area contributed by atoms with E-state index in [0.29, 0.717) is 5.82 Å². The lowest BCUT2D eigenvalue weighted by Gasteiger charge is -2.29. The van der Waals surface area contributed by atoms with E-state index in [1.54, 1.807) is 13.3 Å². The number of ether oxygens (including phenoxy) is 1. The van der Waals surface area contributed by atoms with Crippen molar-refractivity contribution in [3.63, 3.8) is 0 Å². The molecule has 88 valence electrons. The zero-order chi connectivity index (χ0) is 11.4. The van der Waals surface area contributed by atoms with Crippen LogP contribution >= 0.6 is 0 Å². The number of methoxy groups -OCH3 is 1. The van der Waals surface area contributed by atoms with Crippen LogP contribution in [0.4, 0.5) is 0 Å². The molecule has 16 heavy (non-hydrogen) atoms. The van der Waals surface area contributed by atoms with E-state index in [0.717, 1.165) is 25.7 Å². The molecule has 4 nitrogen and oxygen atoms in total. The van der Waals surface area contributed by atoms with E-state index in [-0.39, 0.29) is 11.2 Å². The number of hydrogen-bond acceptors (Lipinski definition) is 3. The Morgan fingerprint density at radius 3 is 2.56 bits per heavy atom. The molecule has 1 aliphatic carbocycles. The summed E-state index contributed by atoms with van der Waals surface area (Å²) in [6.45, 7) is 0. The van der Waals surface area contributed by atoms with Crippen LogP contribution < -0.4 is 5.56 Å². The zero-order valence-corrected chi connectivity index (χ0v) is 9.66. The Morgan fingerprint density at radius 2 is 2.00 bits per heavy atom. The van der Waals surface area contributed by atoms with Gasteiger partial charge in [0.25, 0.3) is 5.56 Å². The molecule has 4 heteroatoms. The minimum Gasteiger partial charge on any atom is -0.370 e. The van der Waals surface area contributed by atoms with Crippen LogP contribution in [0.3, 0.4) is 0 Å². The quantitative estimate of drug-likeness (QED) is 0.778. The molecule has 1 N–H and O–H groups in total. The molecule has 1 saturated carbocycles. The van der Waals surface area contributed by atoms with Crippen LogP contribution in [0.15, 0.2) is 17.1 Å². The maximum Gasteiger partial charge on any atom is 0.250 e. The van der Waals surface area contributed by atoms with Crippen molar-refractivity contribution < 1.29 is 4.74 Å². The second kappa shape index (κ2) is 4.78. The first kappa shape index (κ1) is 11.3. The molecule has 0 saturated heterocycles. The predicted molar refractivity (Wildman–Crippen MR) is 61.2 cm³/mol. The van der Waals surface area contributed by atoms with Gasteiger partial charge in [0, 0.05) is 19.4 Å². The third-order valence-corrected chi connectivity index (χ3v) is 3.40. The fourth-order valence-electron chi connectivity index (χ4n) is 2.44. The van der Waals surface area contributed by atoms with Gasteiger partial charge in [-0.25, -0.2) is 4.98 Å². The summed E-state index contributed by atoms with van der Waals surface area (Å²) in [6, 6.07) is 1.43. The van der Waals surface area contributed by atoms with Gasteiger partial charge < -0.3 is 9.72 Å². The van der Waals surface area contributed by atoms with E-state index in [2.05, 4.69) is 9.97 Å². The third-order valence-electron chi connectivity index (χ3n) is 3.40. The van der Waals surface area contributed by atoms with Crippen molar-refractivity contribution in [2.24, 2.45) is 0 Å². The lowest BCUT2D eigenvalue weighted by atomic mass is 9.93. The highest BCUT2D eigenvalue weighted by atomic mass is 16.5. The Bertz CT molecular complexity index is 392. The normalized spacial score (nSPS) is 20.3. The van der Waals surface area contributed by atoms with Gasteiger partial charge in [0.05, 0.1) is 0 Å². The van der Waals surface area contributed by atoms with Crippen molar-refractivity contribution in [2.75, 3.05) is 7.11 Å². The van der Waals surface area contributed by atoms with Crippen LogP contribution in [0, 0.1) is 0 Å². The first-order valence-electron chi connectivity index (χ1n) is 5.88. The van der Waals surface area contributed by atoms with E-state index in [1.807, 2.05) is 0 Å². The summed E-state index contributed by atoms with van der Waals surface area (Å²) in [6.07, 6.45) is 8.18. The Labute approximate surface area is 95.1 Å². The molecule has 0 amide bonds. The highest BCUT2D eigenvalue weighted by molar-refractivity contribution is 5.03. The molecule has 1 aliphatic rings. The van der Waals surface area contributed by atoms with Crippen LogP contribution in [-0.2, 0) is 10.3 Å². The highest BCUT2D eigenvalue weighted by Gasteiger charge is 2.34.